The van der Waals surface area contributed by atoms with E-state index in [1.807, 2.05) is 72.0 Å². The lowest BCUT2D eigenvalue weighted by molar-refractivity contribution is 1.07. The molecule has 4 heteroatoms. The molecule has 0 spiro atoms. The van der Waals surface area contributed by atoms with Gasteiger partial charge in [0.2, 0.25) is 0 Å². The molecular formula is C39H23N3S. The Hall–Kier alpha value is -5.45. The van der Waals surface area contributed by atoms with E-state index in [-0.39, 0.29) is 0 Å². The fourth-order valence-electron chi connectivity index (χ4n) is 6.18. The highest BCUT2D eigenvalue weighted by Crippen LogP contribution is 2.40. The maximum absolute atomic E-state index is 4.95. The van der Waals surface area contributed by atoms with Gasteiger partial charge in [-0.1, -0.05) is 115 Å². The molecule has 3 nitrogen and oxygen atoms in total. The molecule has 0 amide bonds. The molecule has 43 heavy (non-hydrogen) atoms. The van der Waals surface area contributed by atoms with Crippen molar-refractivity contribution in [1.82, 2.24) is 15.0 Å². The van der Waals surface area contributed by atoms with Gasteiger partial charge in [0.15, 0.2) is 17.5 Å². The number of fused-ring (bicyclic) bond motifs is 8. The van der Waals surface area contributed by atoms with Gasteiger partial charge in [-0.2, -0.15) is 0 Å². The molecule has 0 fully saturated rings. The lowest BCUT2D eigenvalue weighted by atomic mass is 9.94. The van der Waals surface area contributed by atoms with Crippen LogP contribution in [0, 0.1) is 0 Å². The number of hydrogen-bond acceptors (Lipinski definition) is 4. The van der Waals surface area contributed by atoms with Gasteiger partial charge in [-0.15, -0.1) is 11.3 Å². The van der Waals surface area contributed by atoms with Gasteiger partial charge in [0.05, 0.1) is 0 Å². The van der Waals surface area contributed by atoms with Gasteiger partial charge >= 0.3 is 0 Å². The molecule has 0 saturated carbocycles. The van der Waals surface area contributed by atoms with Gasteiger partial charge in [-0.25, -0.2) is 15.0 Å². The smallest absolute Gasteiger partial charge is 0.164 e. The highest BCUT2D eigenvalue weighted by Gasteiger charge is 2.14. The van der Waals surface area contributed by atoms with E-state index in [1.165, 1.54) is 47.1 Å². The molecule has 0 radical (unpaired) electrons. The lowest BCUT2D eigenvalue weighted by Gasteiger charge is -2.11. The Bertz CT molecular complexity index is 2440. The summed E-state index contributed by atoms with van der Waals surface area (Å²) in [6.07, 6.45) is 0. The molecule has 9 rings (SSSR count). The first-order valence-corrected chi connectivity index (χ1v) is 15.2. The summed E-state index contributed by atoms with van der Waals surface area (Å²) in [5, 5.41) is 10.1. The minimum atomic E-state index is 0.666. The van der Waals surface area contributed by atoms with Crippen LogP contribution in [-0.2, 0) is 0 Å². The highest BCUT2D eigenvalue weighted by molar-refractivity contribution is 7.25. The summed E-state index contributed by atoms with van der Waals surface area (Å²) in [4.78, 5) is 14.8. The number of nitrogens with zero attached hydrogens (tertiary/aromatic N) is 3. The fourth-order valence-corrected chi connectivity index (χ4v) is 7.31. The maximum atomic E-state index is 4.95. The number of hydrogen-bond donors (Lipinski definition) is 0. The third-order valence-corrected chi connectivity index (χ3v) is 9.40. The van der Waals surface area contributed by atoms with Crippen LogP contribution in [0.3, 0.4) is 0 Å². The van der Waals surface area contributed by atoms with Crippen molar-refractivity contribution in [1.29, 1.82) is 0 Å². The summed E-state index contributed by atoms with van der Waals surface area (Å²) in [7, 11) is 0. The highest BCUT2D eigenvalue weighted by atomic mass is 32.1. The Morgan fingerprint density at radius 1 is 0.349 bits per heavy atom. The van der Waals surface area contributed by atoms with E-state index in [1.54, 1.807) is 0 Å². The van der Waals surface area contributed by atoms with Crippen molar-refractivity contribution in [3.8, 4) is 34.2 Å². The van der Waals surface area contributed by atoms with Crippen LogP contribution in [0.2, 0.25) is 0 Å². The molecule has 0 saturated heterocycles. The Morgan fingerprint density at radius 3 is 1.63 bits per heavy atom. The lowest BCUT2D eigenvalue weighted by Crippen LogP contribution is -2.00. The van der Waals surface area contributed by atoms with E-state index in [0.717, 1.165) is 22.1 Å². The number of rotatable bonds is 3. The average molecular weight is 566 g/mol. The SMILES string of the molecule is c1ccc(-c2nc(-c3ccccc3)nc(-c3ccc4c(ccc5ccc6cc7c(cc6c54)sc4ccccc47)c3)n2)cc1. The first kappa shape index (κ1) is 24.2. The van der Waals surface area contributed by atoms with Gasteiger partial charge in [0.25, 0.3) is 0 Å². The quantitative estimate of drug-likeness (QED) is 0.200. The molecule has 0 atom stereocenters. The maximum Gasteiger partial charge on any atom is 0.164 e. The molecule has 9 aromatic rings. The Kier molecular flexibility index (Phi) is 5.37. The van der Waals surface area contributed by atoms with E-state index in [2.05, 4.69) is 78.9 Å². The van der Waals surface area contributed by atoms with Crippen LogP contribution in [0.1, 0.15) is 0 Å². The molecular weight excluding hydrogens is 543 g/mol. The third-order valence-electron chi connectivity index (χ3n) is 8.27. The zero-order chi connectivity index (χ0) is 28.3. The van der Waals surface area contributed by atoms with Crippen molar-refractivity contribution in [2.45, 2.75) is 0 Å². The van der Waals surface area contributed by atoms with Crippen molar-refractivity contribution in [2.24, 2.45) is 0 Å². The molecule has 200 valence electrons. The molecule has 0 aliphatic rings. The van der Waals surface area contributed by atoms with Gasteiger partial charge < -0.3 is 0 Å². The number of benzene rings is 7. The summed E-state index contributed by atoms with van der Waals surface area (Å²) in [6, 6.07) is 49.2. The first-order valence-electron chi connectivity index (χ1n) is 14.4. The molecule has 0 aliphatic carbocycles. The van der Waals surface area contributed by atoms with Gasteiger partial charge in [-0.3, -0.25) is 0 Å². The molecule has 2 aromatic heterocycles. The van der Waals surface area contributed by atoms with Crippen LogP contribution in [0.15, 0.2) is 140 Å². The van der Waals surface area contributed by atoms with Crippen LogP contribution in [0.25, 0.3) is 86.7 Å². The Morgan fingerprint density at radius 2 is 0.930 bits per heavy atom. The molecule has 2 heterocycles. The standard InChI is InChI=1S/C39H23N3S/c1-3-9-25(10-4-1)37-40-38(26-11-5-2-6-12-26)42-39(41-37)29-19-20-30-27(21-29)17-15-24-16-18-28-22-33-31-13-7-8-14-34(31)43-35(33)23-32(28)36(24)30/h1-23H. The van der Waals surface area contributed by atoms with Crippen LogP contribution >= 0.6 is 11.3 Å². The zero-order valence-corrected chi connectivity index (χ0v) is 23.8. The number of aromatic nitrogens is 3. The number of thiophene rings is 1. The predicted octanol–water partition coefficient (Wildman–Crippen LogP) is 10.7. The van der Waals surface area contributed by atoms with E-state index < -0.39 is 0 Å². The predicted molar refractivity (Wildman–Crippen MR) is 182 cm³/mol. The minimum absolute atomic E-state index is 0.666. The average Bonchev–Trinajstić information content (AvgIpc) is 3.44. The van der Waals surface area contributed by atoms with Crippen LogP contribution in [0.4, 0.5) is 0 Å². The van der Waals surface area contributed by atoms with E-state index >= 15 is 0 Å². The van der Waals surface area contributed by atoms with Crippen molar-refractivity contribution in [3.63, 3.8) is 0 Å². The minimum Gasteiger partial charge on any atom is -0.208 e. The van der Waals surface area contributed by atoms with E-state index in [4.69, 9.17) is 15.0 Å². The Labute approximate surface area is 251 Å². The first-order chi connectivity index (χ1) is 21.3. The summed E-state index contributed by atoms with van der Waals surface area (Å²) in [5.74, 6) is 2.00. The molecule has 0 bridgehead atoms. The Balaban J connectivity index is 1.26. The van der Waals surface area contributed by atoms with Crippen LogP contribution < -0.4 is 0 Å². The summed E-state index contributed by atoms with van der Waals surface area (Å²) < 4.78 is 2.65. The third kappa shape index (κ3) is 3.99. The second-order valence-electron chi connectivity index (χ2n) is 10.9. The normalized spacial score (nSPS) is 11.7. The van der Waals surface area contributed by atoms with Gasteiger partial charge in [-0.05, 0) is 56.6 Å². The largest absolute Gasteiger partial charge is 0.208 e. The van der Waals surface area contributed by atoms with Crippen molar-refractivity contribution in [3.05, 3.63) is 140 Å². The summed E-state index contributed by atoms with van der Waals surface area (Å²) in [5.41, 5.74) is 2.90. The fraction of sp³-hybridized carbons (Fsp3) is 0. The van der Waals surface area contributed by atoms with Gasteiger partial charge in [0.1, 0.15) is 0 Å². The van der Waals surface area contributed by atoms with E-state index in [9.17, 15) is 0 Å². The molecule has 7 aromatic carbocycles. The second-order valence-corrected chi connectivity index (χ2v) is 12.0. The molecule has 0 unspecified atom stereocenters. The monoisotopic (exact) mass is 565 g/mol. The van der Waals surface area contributed by atoms with E-state index in [0.29, 0.717) is 17.5 Å². The van der Waals surface area contributed by atoms with Crippen molar-refractivity contribution >= 4 is 63.8 Å². The topological polar surface area (TPSA) is 38.7 Å². The zero-order valence-electron chi connectivity index (χ0n) is 23.0. The van der Waals surface area contributed by atoms with Crippen molar-refractivity contribution in [2.75, 3.05) is 0 Å². The summed E-state index contributed by atoms with van der Waals surface area (Å²) in [6.45, 7) is 0. The molecule has 0 aliphatic heterocycles. The van der Waals surface area contributed by atoms with Crippen molar-refractivity contribution < 1.29 is 0 Å². The summed E-state index contributed by atoms with van der Waals surface area (Å²) >= 11 is 1.87. The second kappa shape index (κ2) is 9.55. The van der Waals surface area contributed by atoms with Gasteiger partial charge in [0, 0.05) is 36.9 Å². The van der Waals surface area contributed by atoms with Crippen LogP contribution in [-0.4, -0.2) is 15.0 Å². The molecule has 0 N–H and O–H groups in total. The van der Waals surface area contributed by atoms with Crippen LogP contribution in [0.5, 0.6) is 0 Å².